The van der Waals surface area contributed by atoms with Gasteiger partial charge in [0.15, 0.2) is 0 Å². The molecule has 1 aliphatic heterocycles. The van der Waals surface area contributed by atoms with Crippen LogP contribution in [0.1, 0.15) is 18.4 Å². The number of halogens is 1. The Balaban J connectivity index is 0.00000242. The van der Waals surface area contributed by atoms with Crippen molar-refractivity contribution in [1.29, 1.82) is 0 Å². The SMILES string of the molecule is Cl.O=C(NCC[C@H]1CCNC1)OCc1ccc([N+](=O)[O-])cc1. The van der Waals surface area contributed by atoms with E-state index in [-0.39, 0.29) is 24.7 Å². The number of carbonyl (C=O) groups is 1. The molecule has 0 saturated carbocycles. The summed E-state index contributed by atoms with van der Waals surface area (Å²) in [7, 11) is 0. The smallest absolute Gasteiger partial charge is 0.407 e. The van der Waals surface area contributed by atoms with Gasteiger partial charge < -0.3 is 15.4 Å². The highest BCUT2D eigenvalue weighted by molar-refractivity contribution is 5.85. The van der Waals surface area contributed by atoms with Crippen molar-refractivity contribution >= 4 is 24.2 Å². The van der Waals surface area contributed by atoms with Crippen molar-refractivity contribution in [2.24, 2.45) is 5.92 Å². The standard InChI is InChI=1S/C14H19N3O4.ClH/c18-14(16-8-6-11-5-7-15-9-11)21-10-12-1-3-13(4-2-12)17(19)20;/h1-4,11,15H,5-10H2,(H,16,18);1H/t11-;/m1./s1. The van der Waals surface area contributed by atoms with Gasteiger partial charge >= 0.3 is 6.09 Å². The fourth-order valence-electron chi connectivity index (χ4n) is 2.25. The van der Waals surface area contributed by atoms with Crippen LogP contribution < -0.4 is 10.6 Å². The summed E-state index contributed by atoms with van der Waals surface area (Å²) in [5.74, 6) is 0.625. The van der Waals surface area contributed by atoms with Crippen LogP contribution in [0.2, 0.25) is 0 Å². The number of non-ortho nitro benzene ring substituents is 1. The van der Waals surface area contributed by atoms with E-state index >= 15 is 0 Å². The number of rotatable bonds is 6. The van der Waals surface area contributed by atoms with Gasteiger partial charge in [-0.2, -0.15) is 0 Å². The number of amides is 1. The third-order valence-electron chi connectivity index (χ3n) is 3.50. The fraction of sp³-hybridized carbons (Fsp3) is 0.500. The highest BCUT2D eigenvalue weighted by Gasteiger charge is 2.14. The predicted molar refractivity (Wildman–Crippen MR) is 84.1 cm³/mol. The molecule has 1 fully saturated rings. The Kier molecular flexibility index (Phi) is 7.62. The van der Waals surface area contributed by atoms with Crippen LogP contribution in [-0.2, 0) is 11.3 Å². The quantitative estimate of drug-likeness (QED) is 0.616. The summed E-state index contributed by atoms with van der Waals surface area (Å²) in [4.78, 5) is 21.6. The largest absolute Gasteiger partial charge is 0.445 e. The van der Waals surface area contributed by atoms with Crippen LogP contribution in [0.15, 0.2) is 24.3 Å². The zero-order chi connectivity index (χ0) is 15.1. The van der Waals surface area contributed by atoms with E-state index in [1.165, 1.54) is 12.1 Å². The molecule has 0 radical (unpaired) electrons. The van der Waals surface area contributed by atoms with Crippen molar-refractivity contribution in [3.05, 3.63) is 39.9 Å². The molecule has 22 heavy (non-hydrogen) atoms. The predicted octanol–water partition coefficient (Wildman–Crippen LogP) is 2.24. The lowest BCUT2D eigenvalue weighted by molar-refractivity contribution is -0.384. The van der Waals surface area contributed by atoms with Gasteiger partial charge in [-0.15, -0.1) is 12.4 Å². The maximum absolute atomic E-state index is 11.5. The van der Waals surface area contributed by atoms with Gasteiger partial charge in [-0.05, 0) is 49.5 Å². The zero-order valence-electron chi connectivity index (χ0n) is 12.1. The van der Waals surface area contributed by atoms with Crippen molar-refractivity contribution in [2.75, 3.05) is 19.6 Å². The number of nitro benzene ring substituents is 1. The number of nitrogens with one attached hydrogen (secondary N) is 2. The Bertz CT molecular complexity index is 489. The molecule has 1 saturated heterocycles. The van der Waals surface area contributed by atoms with Gasteiger partial charge in [-0.25, -0.2) is 4.79 Å². The first-order chi connectivity index (χ1) is 10.1. The first-order valence-corrected chi connectivity index (χ1v) is 7.00. The van der Waals surface area contributed by atoms with Gasteiger partial charge in [0.05, 0.1) is 4.92 Å². The van der Waals surface area contributed by atoms with Gasteiger partial charge in [0, 0.05) is 18.7 Å². The second-order valence-electron chi connectivity index (χ2n) is 5.07. The van der Waals surface area contributed by atoms with Crippen LogP contribution in [0.3, 0.4) is 0 Å². The molecular formula is C14H20ClN3O4. The Morgan fingerprint density at radius 1 is 1.41 bits per heavy atom. The Morgan fingerprint density at radius 3 is 2.73 bits per heavy atom. The van der Waals surface area contributed by atoms with E-state index < -0.39 is 11.0 Å². The maximum atomic E-state index is 11.5. The molecule has 1 atom stereocenters. The van der Waals surface area contributed by atoms with Gasteiger partial charge in [0.25, 0.3) is 5.69 Å². The number of benzene rings is 1. The average Bonchev–Trinajstić information content (AvgIpc) is 2.99. The van der Waals surface area contributed by atoms with E-state index in [2.05, 4.69) is 10.6 Å². The molecule has 1 aromatic rings. The van der Waals surface area contributed by atoms with E-state index in [0.29, 0.717) is 12.5 Å². The lowest BCUT2D eigenvalue weighted by Crippen LogP contribution is -2.27. The van der Waals surface area contributed by atoms with Crippen LogP contribution in [0.4, 0.5) is 10.5 Å². The van der Waals surface area contributed by atoms with Crippen molar-refractivity contribution in [1.82, 2.24) is 10.6 Å². The van der Waals surface area contributed by atoms with Crippen molar-refractivity contribution in [3.8, 4) is 0 Å². The van der Waals surface area contributed by atoms with E-state index in [1.54, 1.807) is 12.1 Å². The van der Waals surface area contributed by atoms with Gasteiger partial charge in [-0.1, -0.05) is 0 Å². The highest BCUT2D eigenvalue weighted by atomic mass is 35.5. The molecule has 0 spiro atoms. The van der Waals surface area contributed by atoms with Crippen LogP contribution in [0, 0.1) is 16.0 Å². The molecule has 2 rings (SSSR count). The molecule has 0 bridgehead atoms. The summed E-state index contributed by atoms with van der Waals surface area (Å²) >= 11 is 0. The second kappa shape index (κ2) is 9.22. The van der Waals surface area contributed by atoms with E-state index in [1.807, 2.05) is 0 Å². The van der Waals surface area contributed by atoms with E-state index in [0.717, 1.165) is 31.5 Å². The molecule has 0 unspecified atom stereocenters. The number of nitrogens with zero attached hydrogens (tertiary/aromatic N) is 1. The van der Waals surface area contributed by atoms with Crippen LogP contribution in [0.5, 0.6) is 0 Å². The lowest BCUT2D eigenvalue weighted by atomic mass is 10.1. The minimum absolute atomic E-state index is 0. The molecule has 1 amide bonds. The van der Waals surface area contributed by atoms with Crippen molar-refractivity contribution in [3.63, 3.8) is 0 Å². The van der Waals surface area contributed by atoms with Crippen molar-refractivity contribution < 1.29 is 14.5 Å². The molecule has 1 heterocycles. The summed E-state index contributed by atoms with van der Waals surface area (Å²) in [6.07, 6.45) is 1.64. The maximum Gasteiger partial charge on any atom is 0.407 e. The zero-order valence-corrected chi connectivity index (χ0v) is 12.9. The lowest BCUT2D eigenvalue weighted by Gasteiger charge is -2.10. The van der Waals surface area contributed by atoms with Gasteiger partial charge in [0.1, 0.15) is 6.61 Å². The molecule has 1 aliphatic rings. The van der Waals surface area contributed by atoms with Crippen molar-refractivity contribution in [2.45, 2.75) is 19.4 Å². The monoisotopic (exact) mass is 329 g/mol. The molecule has 1 aromatic carbocycles. The first-order valence-electron chi connectivity index (χ1n) is 7.00. The summed E-state index contributed by atoms with van der Waals surface area (Å²) in [5, 5.41) is 16.5. The van der Waals surface area contributed by atoms with Gasteiger partial charge in [-0.3, -0.25) is 10.1 Å². The number of alkyl carbamates (subject to hydrolysis) is 1. The number of hydrogen-bond donors (Lipinski definition) is 2. The summed E-state index contributed by atoms with van der Waals surface area (Å²) in [6.45, 7) is 2.77. The van der Waals surface area contributed by atoms with Crippen LogP contribution in [-0.4, -0.2) is 30.7 Å². The number of hydrogen-bond acceptors (Lipinski definition) is 5. The topological polar surface area (TPSA) is 93.5 Å². The fourth-order valence-corrected chi connectivity index (χ4v) is 2.25. The highest BCUT2D eigenvalue weighted by Crippen LogP contribution is 2.13. The minimum atomic E-state index is -0.463. The van der Waals surface area contributed by atoms with Gasteiger partial charge in [0.2, 0.25) is 0 Å². The van der Waals surface area contributed by atoms with E-state index in [4.69, 9.17) is 4.74 Å². The number of carbonyl (C=O) groups excluding carboxylic acids is 1. The third-order valence-corrected chi connectivity index (χ3v) is 3.50. The molecule has 7 nitrogen and oxygen atoms in total. The third kappa shape index (κ3) is 5.87. The normalized spacial score (nSPS) is 16.6. The first kappa shape index (κ1) is 18.2. The molecule has 8 heteroatoms. The molecule has 0 aromatic heterocycles. The summed E-state index contributed by atoms with van der Waals surface area (Å²) < 4.78 is 5.06. The molecule has 122 valence electrons. The average molecular weight is 330 g/mol. The number of nitro groups is 1. The Labute approximate surface area is 135 Å². The Hall–Kier alpha value is -1.86. The minimum Gasteiger partial charge on any atom is -0.445 e. The second-order valence-corrected chi connectivity index (χ2v) is 5.07. The summed E-state index contributed by atoms with van der Waals surface area (Å²) in [6, 6.07) is 5.94. The molecule has 0 aliphatic carbocycles. The van der Waals surface area contributed by atoms with Crippen LogP contribution >= 0.6 is 12.4 Å². The van der Waals surface area contributed by atoms with E-state index in [9.17, 15) is 14.9 Å². The number of ether oxygens (including phenoxy) is 1. The molecule has 2 N–H and O–H groups in total. The Morgan fingerprint density at radius 2 is 2.14 bits per heavy atom. The van der Waals surface area contributed by atoms with Crippen LogP contribution in [0.25, 0.3) is 0 Å². The summed E-state index contributed by atoms with van der Waals surface area (Å²) in [5.41, 5.74) is 0.740. The molecular weight excluding hydrogens is 310 g/mol.